The minimum Gasteiger partial charge on any atom is -0.299 e. The third-order valence-electron chi connectivity index (χ3n) is 1.60. The Morgan fingerprint density at radius 3 is 2.18 bits per heavy atom. The van der Waals surface area contributed by atoms with E-state index < -0.39 is 15.1 Å². The van der Waals surface area contributed by atoms with Crippen LogP contribution in [-0.2, 0) is 14.6 Å². The Kier molecular flexibility index (Phi) is 3.72. The number of ketones is 1. The van der Waals surface area contributed by atoms with Gasteiger partial charge < -0.3 is 0 Å². The number of carbonyl (C=O) groups is 1. The van der Waals surface area contributed by atoms with Gasteiger partial charge in [-0.2, -0.15) is 0 Å². The van der Waals surface area contributed by atoms with Crippen LogP contribution in [0.2, 0.25) is 0 Å². The molecule has 0 aromatic rings. The van der Waals surface area contributed by atoms with Crippen molar-refractivity contribution in [1.29, 1.82) is 0 Å². The Balaban J connectivity index is 4.44. The zero-order chi connectivity index (χ0) is 9.07. The van der Waals surface area contributed by atoms with Gasteiger partial charge in [-0.25, -0.2) is 8.42 Å². The zero-order valence-electron chi connectivity index (χ0n) is 7.12. The highest BCUT2D eigenvalue weighted by molar-refractivity contribution is 7.92. The molecule has 0 saturated carbocycles. The summed E-state index contributed by atoms with van der Waals surface area (Å²) in [6, 6.07) is 0. The van der Waals surface area contributed by atoms with Crippen LogP contribution in [0, 0.1) is 0 Å². The molecule has 0 fully saturated rings. The summed E-state index contributed by atoms with van der Waals surface area (Å²) in [5.41, 5.74) is 0. The number of Topliss-reactive ketones (excluding diaryl/α,β-unsaturated/α-hetero) is 1. The van der Waals surface area contributed by atoms with Gasteiger partial charge >= 0.3 is 0 Å². The Morgan fingerprint density at radius 2 is 1.91 bits per heavy atom. The standard InChI is InChI=1S/C7H14O3S/c1-4-5-11(9,10)7(3)6(2)8/h7H,4-5H2,1-3H3. The van der Waals surface area contributed by atoms with Gasteiger partial charge in [0.05, 0.1) is 5.75 Å². The molecule has 0 rings (SSSR count). The minimum atomic E-state index is -3.16. The Labute approximate surface area is 67.7 Å². The van der Waals surface area contributed by atoms with Crippen molar-refractivity contribution in [1.82, 2.24) is 0 Å². The van der Waals surface area contributed by atoms with Gasteiger partial charge in [0.15, 0.2) is 9.84 Å². The molecule has 0 aliphatic heterocycles. The van der Waals surface area contributed by atoms with Gasteiger partial charge in [0.1, 0.15) is 11.0 Å². The van der Waals surface area contributed by atoms with Crippen LogP contribution in [-0.4, -0.2) is 25.2 Å². The summed E-state index contributed by atoms with van der Waals surface area (Å²) in [6.45, 7) is 4.52. The Hall–Kier alpha value is -0.380. The first kappa shape index (κ1) is 10.6. The maximum Gasteiger partial charge on any atom is 0.159 e. The van der Waals surface area contributed by atoms with E-state index in [0.717, 1.165) is 0 Å². The van der Waals surface area contributed by atoms with Crippen LogP contribution >= 0.6 is 0 Å². The molecule has 0 N–H and O–H groups in total. The Morgan fingerprint density at radius 1 is 1.45 bits per heavy atom. The summed E-state index contributed by atoms with van der Waals surface area (Å²) in [4.78, 5) is 10.7. The minimum absolute atomic E-state index is 0.105. The predicted molar refractivity (Wildman–Crippen MR) is 44.2 cm³/mol. The molecular weight excluding hydrogens is 164 g/mol. The molecule has 0 radical (unpaired) electrons. The lowest BCUT2D eigenvalue weighted by atomic mass is 10.3. The summed E-state index contributed by atoms with van der Waals surface area (Å²) in [6.07, 6.45) is 0.569. The van der Waals surface area contributed by atoms with Crippen molar-refractivity contribution in [3.8, 4) is 0 Å². The fraction of sp³-hybridized carbons (Fsp3) is 0.857. The molecule has 11 heavy (non-hydrogen) atoms. The first-order valence-electron chi connectivity index (χ1n) is 3.63. The van der Waals surface area contributed by atoms with Crippen LogP contribution in [0.4, 0.5) is 0 Å². The fourth-order valence-electron chi connectivity index (χ4n) is 0.714. The van der Waals surface area contributed by atoms with Gasteiger partial charge in [-0.3, -0.25) is 4.79 Å². The summed E-state index contributed by atoms with van der Waals surface area (Å²) < 4.78 is 22.3. The molecule has 0 amide bonds. The smallest absolute Gasteiger partial charge is 0.159 e. The molecule has 0 spiro atoms. The summed E-state index contributed by atoms with van der Waals surface area (Å²) in [7, 11) is -3.16. The van der Waals surface area contributed by atoms with Crippen LogP contribution in [0.1, 0.15) is 27.2 Å². The third kappa shape index (κ3) is 3.01. The summed E-state index contributed by atoms with van der Waals surface area (Å²) in [5, 5.41) is -0.831. The van der Waals surface area contributed by atoms with Crippen LogP contribution in [0.3, 0.4) is 0 Å². The molecule has 0 aliphatic carbocycles. The summed E-state index contributed by atoms with van der Waals surface area (Å²) in [5.74, 6) is -0.174. The maximum absolute atomic E-state index is 11.2. The van der Waals surface area contributed by atoms with Crippen LogP contribution < -0.4 is 0 Å². The predicted octanol–water partition coefficient (Wildman–Crippen LogP) is 0.789. The van der Waals surface area contributed by atoms with Gasteiger partial charge in [0, 0.05) is 0 Å². The lowest BCUT2D eigenvalue weighted by Crippen LogP contribution is -2.27. The molecule has 1 atom stereocenters. The largest absolute Gasteiger partial charge is 0.299 e. The van der Waals surface area contributed by atoms with Crippen LogP contribution in [0.5, 0.6) is 0 Å². The number of sulfone groups is 1. The molecule has 0 aromatic carbocycles. The molecule has 0 saturated heterocycles. The van der Waals surface area contributed by atoms with E-state index in [0.29, 0.717) is 6.42 Å². The number of hydrogen-bond donors (Lipinski definition) is 0. The molecule has 0 aromatic heterocycles. The molecule has 66 valence electrons. The van der Waals surface area contributed by atoms with Crippen molar-refractivity contribution in [3.05, 3.63) is 0 Å². The fourth-order valence-corrected chi connectivity index (χ4v) is 2.14. The van der Waals surface area contributed by atoms with Crippen LogP contribution in [0.15, 0.2) is 0 Å². The number of carbonyl (C=O) groups excluding carboxylic acids is 1. The van der Waals surface area contributed by atoms with Gasteiger partial charge in [-0.15, -0.1) is 0 Å². The van der Waals surface area contributed by atoms with Gasteiger partial charge in [0.2, 0.25) is 0 Å². The Bertz CT molecular complexity index is 228. The average molecular weight is 178 g/mol. The zero-order valence-corrected chi connectivity index (χ0v) is 7.94. The highest BCUT2D eigenvalue weighted by atomic mass is 32.2. The lowest BCUT2D eigenvalue weighted by Gasteiger charge is -2.07. The molecule has 0 aliphatic rings. The van der Waals surface area contributed by atoms with Gasteiger partial charge in [0.25, 0.3) is 0 Å². The first-order chi connectivity index (χ1) is 4.91. The molecular formula is C7H14O3S. The molecule has 0 heterocycles. The van der Waals surface area contributed by atoms with E-state index in [2.05, 4.69) is 0 Å². The SMILES string of the molecule is CCCS(=O)(=O)C(C)C(C)=O. The second-order valence-corrected chi connectivity index (χ2v) is 5.06. The van der Waals surface area contributed by atoms with E-state index in [-0.39, 0.29) is 11.5 Å². The van der Waals surface area contributed by atoms with E-state index in [1.165, 1.54) is 13.8 Å². The van der Waals surface area contributed by atoms with Crippen molar-refractivity contribution in [2.45, 2.75) is 32.4 Å². The van der Waals surface area contributed by atoms with Gasteiger partial charge in [-0.1, -0.05) is 6.92 Å². The third-order valence-corrected chi connectivity index (χ3v) is 3.99. The molecule has 1 unspecified atom stereocenters. The van der Waals surface area contributed by atoms with Crippen molar-refractivity contribution < 1.29 is 13.2 Å². The second kappa shape index (κ2) is 3.85. The normalized spacial score (nSPS) is 14.5. The topological polar surface area (TPSA) is 51.2 Å². The summed E-state index contributed by atoms with van der Waals surface area (Å²) >= 11 is 0. The molecule has 3 nitrogen and oxygen atoms in total. The van der Waals surface area contributed by atoms with E-state index in [1.54, 1.807) is 6.92 Å². The van der Waals surface area contributed by atoms with E-state index >= 15 is 0 Å². The number of hydrogen-bond acceptors (Lipinski definition) is 3. The second-order valence-electron chi connectivity index (χ2n) is 2.62. The van der Waals surface area contributed by atoms with E-state index in [9.17, 15) is 13.2 Å². The highest BCUT2D eigenvalue weighted by Crippen LogP contribution is 2.04. The monoisotopic (exact) mass is 178 g/mol. The van der Waals surface area contributed by atoms with Gasteiger partial charge in [-0.05, 0) is 20.3 Å². The quantitative estimate of drug-likeness (QED) is 0.639. The van der Waals surface area contributed by atoms with Crippen molar-refractivity contribution >= 4 is 15.6 Å². The lowest BCUT2D eigenvalue weighted by molar-refractivity contribution is -0.116. The first-order valence-corrected chi connectivity index (χ1v) is 5.35. The van der Waals surface area contributed by atoms with Crippen LogP contribution in [0.25, 0.3) is 0 Å². The van der Waals surface area contributed by atoms with E-state index in [1.807, 2.05) is 0 Å². The molecule has 0 bridgehead atoms. The van der Waals surface area contributed by atoms with Crippen molar-refractivity contribution in [2.75, 3.05) is 5.75 Å². The molecule has 4 heteroatoms. The van der Waals surface area contributed by atoms with Crippen molar-refractivity contribution in [3.63, 3.8) is 0 Å². The van der Waals surface area contributed by atoms with Crippen molar-refractivity contribution in [2.24, 2.45) is 0 Å². The maximum atomic E-state index is 11.2. The van der Waals surface area contributed by atoms with E-state index in [4.69, 9.17) is 0 Å². The number of rotatable bonds is 4. The highest BCUT2D eigenvalue weighted by Gasteiger charge is 2.23. The average Bonchev–Trinajstić information content (AvgIpc) is 1.86.